The van der Waals surface area contributed by atoms with E-state index in [1.807, 2.05) is 0 Å². The molecule has 1 saturated heterocycles. The van der Waals surface area contributed by atoms with E-state index >= 15 is 0 Å². The van der Waals surface area contributed by atoms with Crippen LogP contribution in [0, 0.1) is 11.3 Å². The number of nitrogens with one attached hydrogen (secondary N) is 1. The van der Waals surface area contributed by atoms with Crippen molar-refractivity contribution in [2.75, 3.05) is 19.6 Å². The summed E-state index contributed by atoms with van der Waals surface area (Å²) in [4.78, 5) is 2.53. The highest BCUT2D eigenvalue weighted by Crippen LogP contribution is 2.34. The minimum atomic E-state index is 0.453. The second-order valence-corrected chi connectivity index (χ2v) is 7.46. The van der Waals surface area contributed by atoms with Gasteiger partial charge in [-0.15, -0.1) is 0 Å². The van der Waals surface area contributed by atoms with Gasteiger partial charge < -0.3 is 9.73 Å². The maximum absolute atomic E-state index is 5.92. The van der Waals surface area contributed by atoms with Crippen LogP contribution in [0.3, 0.4) is 0 Å². The summed E-state index contributed by atoms with van der Waals surface area (Å²) in [6.45, 7) is 14.6. The normalized spacial score (nSPS) is 18.3. The summed E-state index contributed by atoms with van der Waals surface area (Å²) in [5.74, 6) is 3.03. The topological polar surface area (TPSA) is 28.4 Å². The van der Waals surface area contributed by atoms with Gasteiger partial charge >= 0.3 is 0 Å². The average Bonchev–Trinajstić information content (AvgIpc) is 2.86. The Bertz CT molecular complexity index is 411. The van der Waals surface area contributed by atoms with E-state index in [9.17, 15) is 0 Å². The predicted octanol–water partition coefficient (Wildman–Crippen LogP) is 4.04. The Labute approximate surface area is 130 Å². The molecule has 0 aliphatic carbocycles. The molecule has 21 heavy (non-hydrogen) atoms. The Morgan fingerprint density at radius 1 is 1.19 bits per heavy atom. The Morgan fingerprint density at radius 2 is 1.86 bits per heavy atom. The average molecular weight is 292 g/mol. The van der Waals surface area contributed by atoms with Gasteiger partial charge in [0, 0.05) is 0 Å². The molecule has 0 aromatic carbocycles. The third-order valence-corrected chi connectivity index (χ3v) is 4.64. The quantitative estimate of drug-likeness (QED) is 0.802. The first kappa shape index (κ1) is 16.6. The van der Waals surface area contributed by atoms with Crippen LogP contribution >= 0.6 is 0 Å². The minimum absolute atomic E-state index is 0.453. The van der Waals surface area contributed by atoms with Crippen molar-refractivity contribution in [3.63, 3.8) is 0 Å². The van der Waals surface area contributed by atoms with Crippen LogP contribution in [-0.2, 0) is 13.1 Å². The van der Waals surface area contributed by atoms with Crippen LogP contribution in [0.4, 0.5) is 0 Å². The number of hydrogen-bond acceptors (Lipinski definition) is 3. The van der Waals surface area contributed by atoms with E-state index in [-0.39, 0.29) is 0 Å². The van der Waals surface area contributed by atoms with Crippen molar-refractivity contribution in [3.05, 3.63) is 23.7 Å². The Balaban J connectivity index is 1.76. The van der Waals surface area contributed by atoms with Crippen molar-refractivity contribution in [1.29, 1.82) is 0 Å². The third kappa shape index (κ3) is 5.15. The molecule has 120 valence electrons. The SMILES string of the molecule is CCCNCc1ccc(CN2CCC(C(C)(C)C)CC2)o1. The molecular weight excluding hydrogens is 260 g/mol. The molecule has 0 bridgehead atoms. The minimum Gasteiger partial charge on any atom is -0.463 e. The van der Waals surface area contributed by atoms with Gasteiger partial charge in [-0.1, -0.05) is 27.7 Å². The molecule has 1 aromatic heterocycles. The molecule has 0 amide bonds. The Morgan fingerprint density at radius 3 is 2.48 bits per heavy atom. The fraction of sp³-hybridized carbons (Fsp3) is 0.778. The molecule has 1 aliphatic rings. The van der Waals surface area contributed by atoms with E-state index in [1.165, 1.54) is 25.9 Å². The van der Waals surface area contributed by atoms with Crippen molar-refractivity contribution in [2.24, 2.45) is 11.3 Å². The number of furan rings is 1. The lowest BCUT2D eigenvalue weighted by molar-refractivity contribution is 0.103. The molecule has 0 radical (unpaired) electrons. The Hall–Kier alpha value is -0.800. The van der Waals surface area contributed by atoms with E-state index < -0.39 is 0 Å². The smallest absolute Gasteiger partial charge is 0.118 e. The van der Waals surface area contributed by atoms with Crippen LogP contribution in [0.2, 0.25) is 0 Å². The second kappa shape index (κ2) is 7.46. The molecule has 1 N–H and O–H groups in total. The van der Waals surface area contributed by atoms with Crippen molar-refractivity contribution in [2.45, 2.75) is 60.0 Å². The van der Waals surface area contributed by atoms with Crippen molar-refractivity contribution < 1.29 is 4.42 Å². The largest absolute Gasteiger partial charge is 0.463 e. The first-order valence-corrected chi connectivity index (χ1v) is 8.49. The molecule has 1 fully saturated rings. The van der Waals surface area contributed by atoms with Crippen LogP contribution < -0.4 is 5.32 Å². The van der Waals surface area contributed by atoms with Gasteiger partial charge in [0.05, 0.1) is 13.1 Å². The lowest BCUT2D eigenvalue weighted by atomic mass is 9.75. The van der Waals surface area contributed by atoms with Crippen LogP contribution in [0.5, 0.6) is 0 Å². The summed E-state index contributed by atoms with van der Waals surface area (Å²) in [5, 5.41) is 3.38. The zero-order chi connectivity index (χ0) is 15.3. The third-order valence-electron chi connectivity index (χ3n) is 4.64. The summed E-state index contributed by atoms with van der Waals surface area (Å²) >= 11 is 0. The molecule has 0 unspecified atom stereocenters. The molecule has 0 spiro atoms. The summed E-state index contributed by atoms with van der Waals surface area (Å²) in [6, 6.07) is 4.25. The van der Waals surface area contributed by atoms with Crippen LogP contribution in [-0.4, -0.2) is 24.5 Å². The van der Waals surface area contributed by atoms with Crippen LogP contribution in [0.15, 0.2) is 16.5 Å². The van der Waals surface area contributed by atoms with Gasteiger partial charge in [0.15, 0.2) is 0 Å². The lowest BCUT2D eigenvalue weighted by Crippen LogP contribution is -2.37. The van der Waals surface area contributed by atoms with Crippen LogP contribution in [0.1, 0.15) is 58.5 Å². The molecule has 1 aromatic rings. The maximum atomic E-state index is 5.92. The first-order valence-electron chi connectivity index (χ1n) is 8.49. The summed E-state index contributed by atoms with van der Waals surface area (Å²) in [6.07, 6.45) is 3.79. The molecule has 1 aliphatic heterocycles. The number of rotatable bonds is 6. The number of nitrogens with zero attached hydrogens (tertiary/aromatic N) is 1. The fourth-order valence-corrected chi connectivity index (χ4v) is 3.17. The lowest BCUT2D eigenvalue weighted by Gasteiger charge is -2.38. The summed E-state index contributed by atoms with van der Waals surface area (Å²) < 4.78 is 5.92. The highest BCUT2D eigenvalue weighted by Gasteiger charge is 2.28. The summed E-state index contributed by atoms with van der Waals surface area (Å²) in [5.41, 5.74) is 0.453. The molecule has 0 saturated carbocycles. The molecule has 3 nitrogen and oxygen atoms in total. The number of likely N-dealkylation sites (tertiary alicyclic amines) is 1. The zero-order valence-corrected chi connectivity index (χ0v) is 14.2. The van der Waals surface area contributed by atoms with Crippen LogP contribution in [0.25, 0.3) is 0 Å². The zero-order valence-electron chi connectivity index (χ0n) is 14.2. The summed E-state index contributed by atoms with van der Waals surface area (Å²) in [7, 11) is 0. The van der Waals surface area contributed by atoms with Crippen molar-refractivity contribution in [1.82, 2.24) is 10.2 Å². The van der Waals surface area contributed by atoms with Gasteiger partial charge in [0.25, 0.3) is 0 Å². The standard InChI is InChI=1S/C18H32N2O/c1-5-10-19-13-16-6-7-17(21-16)14-20-11-8-15(9-12-20)18(2,3)4/h6-7,15,19H,5,8-14H2,1-4H3. The monoisotopic (exact) mass is 292 g/mol. The van der Waals surface area contributed by atoms with E-state index in [0.717, 1.165) is 43.5 Å². The van der Waals surface area contributed by atoms with Gasteiger partial charge in [-0.2, -0.15) is 0 Å². The number of hydrogen-bond donors (Lipinski definition) is 1. The molecule has 2 rings (SSSR count). The molecule has 0 atom stereocenters. The fourth-order valence-electron chi connectivity index (χ4n) is 3.17. The molecule has 2 heterocycles. The Kier molecular flexibility index (Phi) is 5.88. The van der Waals surface area contributed by atoms with Gasteiger partial charge in [-0.3, -0.25) is 4.90 Å². The molecule has 3 heteroatoms. The van der Waals surface area contributed by atoms with Gasteiger partial charge in [0.1, 0.15) is 11.5 Å². The van der Waals surface area contributed by atoms with Gasteiger partial charge in [-0.05, 0) is 62.4 Å². The molecular formula is C18H32N2O. The number of piperidine rings is 1. The van der Waals surface area contributed by atoms with E-state index in [0.29, 0.717) is 5.41 Å². The first-order chi connectivity index (χ1) is 9.99. The van der Waals surface area contributed by atoms with Crippen molar-refractivity contribution in [3.8, 4) is 0 Å². The van der Waals surface area contributed by atoms with Gasteiger partial charge in [0.2, 0.25) is 0 Å². The highest BCUT2D eigenvalue weighted by molar-refractivity contribution is 5.07. The second-order valence-electron chi connectivity index (χ2n) is 7.46. The van der Waals surface area contributed by atoms with E-state index in [4.69, 9.17) is 4.42 Å². The highest BCUT2D eigenvalue weighted by atomic mass is 16.3. The predicted molar refractivity (Wildman–Crippen MR) is 88.2 cm³/mol. The maximum Gasteiger partial charge on any atom is 0.118 e. The van der Waals surface area contributed by atoms with E-state index in [2.05, 4.69) is 50.0 Å². The van der Waals surface area contributed by atoms with E-state index in [1.54, 1.807) is 0 Å². The van der Waals surface area contributed by atoms with Gasteiger partial charge in [-0.25, -0.2) is 0 Å². The van der Waals surface area contributed by atoms with Crippen molar-refractivity contribution >= 4 is 0 Å².